The van der Waals surface area contributed by atoms with Crippen molar-refractivity contribution in [1.82, 2.24) is 14.8 Å². The van der Waals surface area contributed by atoms with Crippen molar-refractivity contribution >= 4 is 5.82 Å². The Bertz CT molecular complexity index is 401. The van der Waals surface area contributed by atoms with Crippen LogP contribution >= 0.6 is 0 Å². The van der Waals surface area contributed by atoms with Gasteiger partial charge in [-0.25, -0.2) is 4.98 Å². The molecule has 2 rings (SSSR count). The van der Waals surface area contributed by atoms with Crippen molar-refractivity contribution in [3.63, 3.8) is 0 Å². The highest BCUT2D eigenvalue weighted by Crippen LogP contribution is 2.21. The number of likely N-dealkylation sites (tertiary alicyclic amines) is 1. The van der Waals surface area contributed by atoms with E-state index in [4.69, 9.17) is 0 Å². The molecule has 1 N–H and O–H groups in total. The second kappa shape index (κ2) is 7.04. The molecule has 1 aromatic heterocycles. The van der Waals surface area contributed by atoms with Gasteiger partial charge in [-0.15, -0.1) is 0 Å². The normalized spacial score (nSPS) is 23.4. The SMILES string of the molecule is CCCNc1ccc(CN2CC(C)C(N(C)C)C2)cn1. The van der Waals surface area contributed by atoms with E-state index in [0.717, 1.165) is 37.8 Å². The standard InChI is InChI=1S/C16H28N4/c1-5-8-17-16-7-6-14(9-18-16)11-20-10-13(2)15(12-20)19(3)4/h6-7,9,13,15H,5,8,10-12H2,1-4H3,(H,17,18). The van der Waals surface area contributed by atoms with E-state index in [-0.39, 0.29) is 0 Å². The molecule has 2 unspecified atom stereocenters. The monoisotopic (exact) mass is 276 g/mol. The largest absolute Gasteiger partial charge is 0.370 e. The highest BCUT2D eigenvalue weighted by atomic mass is 15.2. The van der Waals surface area contributed by atoms with Crippen molar-refractivity contribution in [3.05, 3.63) is 23.9 Å². The molecule has 0 bridgehead atoms. The Labute approximate surface area is 123 Å². The lowest BCUT2D eigenvalue weighted by atomic mass is 10.1. The van der Waals surface area contributed by atoms with Gasteiger partial charge in [-0.1, -0.05) is 19.9 Å². The number of likely N-dealkylation sites (N-methyl/N-ethyl adjacent to an activating group) is 1. The van der Waals surface area contributed by atoms with Gasteiger partial charge in [0.25, 0.3) is 0 Å². The molecule has 4 heteroatoms. The number of rotatable bonds is 6. The summed E-state index contributed by atoms with van der Waals surface area (Å²) in [4.78, 5) is 9.36. The van der Waals surface area contributed by atoms with E-state index in [1.165, 1.54) is 12.1 Å². The number of nitrogens with zero attached hydrogens (tertiary/aromatic N) is 3. The van der Waals surface area contributed by atoms with E-state index in [0.29, 0.717) is 6.04 Å². The molecule has 0 saturated carbocycles. The zero-order valence-electron chi connectivity index (χ0n) is 13.3. The van der Waals surface area contributed by atoms with Crippen molar-refractivity contribution in [2.75, 3.05) is 39.0 Å². The lowest BCUT2D eigenvalue weighted by molar-refractivity contribution is 0.250. The van der Waals surface area contributed by atoms with Crippen LogP contribution in [0.1, 0.15) is 25.8 Å². The van der Waals surface area contributed by atoms with Crippen LogP contribution in [0.3, 0.4) is 0 Å². The van der Waals surface area contributed by atoms with E-state index in [2.05, 4.69) is 60.2 Å². The van der Waals surface area contributed by atoms with Gasteiger partial charge in [-0.3, -0.25) is 4.90 Å². The Morgan fingerprint density at radius 1 is 1.35 bits per heavy atom. The quantitative estimate of drug-likeness (QED) is 0.864. The Balaban J connectivity index is 1.88. The van der Waals surface area contributed by atoms with Crippen LogP contribution in [0.15, 0.2) is 18.3 Å². The zero-order chi connectivity index (χ0) is 14.5. The second-order valence-corrected chi connectivity index (χ2v) is 6.18. The number of hydrogen-bond donors (Lipinski definition) is 1. The Kier molecular flexibility index (Phi) is 5.38. The first kappa shape index (κ1) is 15.3. The third-order valence-corrected chi connectivity index (χ3v) is 4.10. The average molecular weight is 276 g/mol. The van der Waals surface area contributed by atoms with E-state index in [9.17, 15) is 0 Å². The molecular weight excluding hydrogens is 248 g/mol. The summed E-state index contributed by atoms with van der Waals surface area (Å²) in [6.45, 7) is 8.84. The molecule has 112 valence electrons. The summed E-state index contributed by atoms with van der Waals surface area (Å²) in [5, 5.41) is 3.31. The van der Waals surface area contributed by atoms with Crippen molar-refractivity contribution in [2.24, 2.45) is 5.92 Å². The van der Waals surface area contributed by atoms with Gasteiger partial charge in [-0.2, -0.15) is 0 Å². The molecule has 4 nitrogen and oxygen atoms in total. The van der Waals surface area contributed by atoms with Gasteiger partial charge >= 0.3 is 0 Å². The molecule has 0 amide bonds. The number of anilines is 1. The van der Waals surface area contributed by atoms with Gasteiger partial charge in [-0.05, 0) is 38.1 Å². The number of aromatic nitrogens is 1. The van der Waals surface area contributed by atoms with Crippen molar-refractivity contribution in [2.45, 2.75) is 32.9 Å². The summed E-state index contributed by atoms with van der Waals surface area (Å²) < 4.78 is 0. The van der Waals surface area contributed by atoms with Gasteiger partial charge < -0.3 is 10.2 Å². The summed E-state index contributed by atoms with van der Waals surface area (Å²) in [6, 6.07) is 4.96. The predicted octanol–water partition coefficient (Wildman–Crippen LogP) is 2.29. The summed E-state index contributed by atoms with van der Waals surface area (Å²) >= 11 is 0. The van der Waals surface area contributed by atoms with Crippen molar-refractivity contribution in [1.29, 1.82) is 0 Å². The molecule has 1 fully saturated rings. The van der Waals surface area contributed by atoms with Crippen LogP contribution in [0.5, 0.6) is 0 Å². The fourth-order valence-corrected chi connectivity index (χ4v) is 2.98. The minimum Gasteiger partial charge on any atom is -0.370 e. The van der Waals surface area contributed by atoms with Gasteiger partial charge in [0.2, 0.25) is 0 Å². The molecule has 0 spiro atoms. The first-order valence-corrected chi connectivity index (χ1v) is 7.67. The molecule has 2 atom stereocenters. The molecule has 0 radical (unpaired) electrons. The Morgan fingerprint density at radius 2 is 2.15 bits per heavy atom. The maximum atomic E-state index is 4.48. The Hall–Kier alpha value is -1.13. The number of nitrogens with one attached hydrogen (secondary N) is 1. The molecule has 1 aromatic rings. The van der Waals surface area contributed by atoms with E-state index < -0.39 is 0 Å². The molecule has 0 aromatic carbocycles. The Morgan fingerprint density at radius 3 is 2.70 bits per heavy atom. The highest BCUT2D eigenvalue weighted by molar-refractivity contribution is 5.35. The lowest BCUT2D eigenvalue weighted by Crippen LogP contribution is -2.34. The fraction of sp³-hybridized carbons (Fsp3) is 0.688. The lowest BCUT2D eigenvalue weighted by Gasteiger charge is -2.22. The highest BCUT2D eigenvalue weighted by Gasteiger charge is 2.30. The van der Waals surface area contributed by atoms with E-state index in [1.54, 1.807) is 0 Å². The van der Waals surface area contributed by atoms with Crippen LogP contribution in [-0.4, -0.2) is 54.6 Å². The van der Waals surface area contributed by atoms with Crippen LogP contribution in [0.2, 0.25) is 0 Å². The third-order valence-electron chi connectivity index (χ3n) is 4.10. The summed E-state index contributed by atoms with van der Waals surface area (Å²) in [5.74, 6) is 1.72. The minimum atomic E-state index is 0.674. The molecule has 20 heavy (non-hydrogen) atoms. The zero-order valence-corrected chi connectivity index (χ0v) is 13.3. The smallest absolute Gasteiger partial charge is 0.125 e. The van der Waals surface area contributed by atoms with Crippen molar-refractivity contribution < 1.29 is 0 Å². The topological polar surface area (TPSA) is 31.4 Å². The maximum Gasteiger partial charge on any atom is 0.125 e. The van der Waals surface area contributed by atoms with Crippen LogP contribution in [-0.2, 0) is 6.54 Å². The first-order valence-electron chi connectivity index (χ1n) is 7.67. The van der Waals surface area contributed by atoms with E-state index in [1.807, 2.05) is 6.20 Å². The van der Waals surface area contributed by atoms with Crippen LogP contribution in [0.4, 0.5) is 5.82 Å². The van der Waals surface area contributed by atoms with Crippen LogP contribution in [0.25, 0.3) is 0 Å². The molecule has 1 aliphatic rings. The fourth-order valence-electron chi connectivity index (χ4n) is 2.98. The maximum absolute atomic E-state index is 4.48. The second-order valence-electron chi connectivity index (χ2n) is 6.18. The van der Waals surface area contributed by atoms with Gasteiger partial charge in [0.05, 0.1) is 0 Å². The molecule has 1 saturated heterocycles. The number of hydrogen-bond acceptors (Lipinski definition) is 4. The molecule has 2 heterocycles. The summed E-state index contributed by atoms with van der Waals surface area (Å²) in [5.41, 5.74) is 1.30. The van der Waals surface area contributed by atoms with E-state index >= 15 is 0 Å². The predicted molar refractivity (Wildman–Crippen MR) is 84.9 cm³/mol. The third kappa shape index (κ3) is 3.93. The van der Waals surface area contributed by atoms with Gasteiger partial charge in [0.15, 0.2) is 0 Å². The first-order chi connectivity index (χ1) is 9.60. The van der Waals surface area contributed by atoms with Gasteiger partial charge in [0, 0.05) is 38.4 Å². The average Bonchev–Trinajstić information content (AvgIpc) is 2.79. The number of pyridine rings is 1. The molecule has 0 aliphatic carbocycles. The molecule has 1 aliphatic heterocycles. The molecular formula is C16H28N4. The van der Waals surface area contributed by atoms with Crippen LogP contribution < -0.4 is 5.32 Å². The minimum absolute atomic E-state index is 0.674. The van der Waals surface area contributed by atoms with Crippen molar-refractivity contribution in [3.8, 4) is 0 Å². The summed E-state index contributed by atoms with van der Waals surface area (Å²) in [7, 11) is 4.36. The summed E-state index contributed by atoms with van der Waals surface area (Å²) in [6.07, 6.45) is 3.13. The van der Waals surface area contributed by atoms with Gasteiger partial charge in [0.1, 0.15) is 5.82 Å². The van der Waals surface area contributed by atoms with Crippen LogP contribution in [0, 0.1) is 5.92 Å².